The number of nitrogens with zero attached hydrogens (tertiary/aromatic N) is 2. The number of carbonyl (C=O) groups excluding carboxylic acids is 1. The first kappa shape index (κ1) is 20.3. The van der Waals surface area contributed by atoms with Crippen molar-refractivity contribution in [1.82, 2.24) is 4.90 Å². The van der Waals surface area contributed by atoms with Gasteiger partial charge in [-0.3, -0.25) is 9.69 Å². The Bertz CT molecular complexity index is 1340. The first-order valence-corrected chi connectivity index (χ1v) is 11.3. The molecule has 1 amide bonds. The lowest BCUT2D eigenvalue weighted by atomic mass is 9.96. The number of methoxy groups -OCH3 is 1. The zero-order chi connectivity index (χ0) is 22.1. The largest absolute Gasteiger partial charge is 0.497 e. The summed E-state index contributed by atoms with van der Waals surface area (Å²) in [6.45, 7) is 2.53. The summed E-state index contributed by atoms with van der Waals surface area (Å²) < 4.78 is 5.22. The van der Waals surface area contributed by atoms with Crippen LogP contribution in [-0.4, -0.2) is 29.6 Å². The van der Waals surface area contributed by atoms with Crippen molar-refractivity contribution in [3.8, 4) is 5.75 Å². The first-order valence-electron chi connectivity index (χ1n) is 10.5. The number of aliphatic imine (C=N–C) groups is 1. The third-order valence-electron chi connectivity index (χ3n) is 5.59. The zero-order valence-electron chi connectivity index (χ0n) is 17.9. The van der Waals surface area contributed by atoms with Gasteiger partial charge in [0.1, 0.15) is 5.75 Å². The van der Waals surface area contributed by atoms with Crippen LogP contribution >= 0.6 is 11.8 Å². The van der Waals surface area contributed by atoms with Crippen molar-refractivity contribution in [1.29, 1.82) is 0 Å². The van der Waals surface area contributed by atoms with Gasteiger partial charge in [0.15, 0.2) is 5.17 Å². The molecule has 0 aromatic heterocycles. The zero-order valence-corrected chi connectivity index (χ0v) is 18.7. The molecule has 1 aliphatic rings. The fourth-order valence-electron chi connectivity index (χ4n) is 3.97. The molecule has 5 heteroatoms. The summed E-state index contributed by atoms with van der Waals surface area (Å²) >= 11 is 1.42. The Hall–Kier alpha value is -3.57. The van der Waals surface area contributed by atoms with Crippen molar-refractivity contribution in [2.24, 2.45) is 4.99 Å². The summed E-state index contributed by atoms with van der Waals surface area (Å²) in [6, 6.07) is 26.3. The number of hydrogen-bond donors (Lipinski definition) is 0. The van der Waals surface area contributed by atoms with E-state index in [-0.39, 0.29) is 5.91 Å². The SMILES string of the molecule is CCN1C(=O)/C(=C\c2c3ccccc3cc3ccccc23)SC1=Nc1ccc(OC)cc1. The molecule has 4 aromatic rings. The third kappa shape index (κ3) is 3.65. The minimum Gasteiger partial charge on any atom is -0.497 e. The highest BCUT2D eigenvalue weighted by Crippen LogP contribution is 2.37. The fraction of sp³-hybridized carbons (Fsp3) is 0.111. The molecule has 4 nitrogen and oxygen atoms in total. The summed E-state index contributed by atoms with van der Waals surface area (Å²) in [5, 5.41) is 5.28. The van der Waals surface area contributed by atoms with Crippen molar-refractivity contribution in [2.45, 2.75) is 6.92 Å². The number of rotatable bonds is 4. The van der Waals surface area contributed by atoms with Crippen LogP contribution in [0.25, 0.3) is 27.6 Å². The molecule has 4 aromatic carbocycles. The van der Waals surface area contributed by atoms with Crippen molar-refractivity contribution in [3.05, 3.63) is 89.3 Å². The van der Waals surface area contributed by atoms with Gasteiger partial charge < -0.3 is 4.74 Å². The first-order chi connectivity index (χ1) is 15.7. The molecule has 1 saturated heterocycles. The summed E-state index contributed by atoms with van der Waals surface area (Å²) in [7, 11) is 1.64. The highest BCUT2D eigenvalue weighted by molar-refractivity contribution is 8.18. The van der Waals surface area contributed by atoms with E-state index in [4.69, 9.17) is 9.73 Å². The van der Waals surface area contributed by atoms with Gasteiger partial charge in [-0.25, -0.2) is 4.99 Å². The molecular formula is C27H22N2O2S. The Morgan fingerprint density at radius 3 is 2.16 bits per heavy atom. The monoisotopic (exact) mass is 438 g/mol. The van der Waals surface area contributed by atoms with Gasteiger partial charge in [0.2, 0.25) is 0 Å². The number of fused-ring (bicyclic) bond motifs is 2. The van der Waals surface area contributed by atoms with Crippen LogP contribution in [0.1, 0.15) is 12.5 Å². The summed E-state index contributed by atoms with van der Waals surface area (Å²) in [4.78, 5) is 20.4. The van der Waals surface area contributed by atoms with Crippen molar-refractivity contribution < 1.29 is 9.53 Å². The Morgan fingerprint density at radius 2 is 1.56 bits per heavy atom. The van der Waals surface area contributed by atoms with Crippen LogP contribution in [-0.2, 0) is 4.79 Å². The summed E-state index contributed by atoms with van der Waals surface area (Å²) in [5.41, 5.74) is 1.85. The number of carbonyl (C=O) groups is 1. The molecule has 0 unspecified atom stereocenters. The van der Waals surface area contributed by atoms with Crippen LogP contribution in [0.4, 0.5) is 5.69 Å². The topological polar surface area (TPSA) is 41.9 Å². The third-order valence-corrected chi connectivity index (χ3v) is 6.60. The molecule has 0 saturated carbocycles. The lowest BCUT2D eigenvalue weighted by Gasteiger charge is -2.12. The van der Waals surface area contributed by atoms with Crippen LogP contribution < -0.4 is 4.74 Å². The van der Waals surface area contributed by atoms with Gasteiger partial charge in [-0.15, -0.1) is 0 Å². The minimum atomic E-state index is -0.0122. The van der Waals surface area contributed by atoms with Crippen LogP contribution in [0.5, 0.6) is 5.75 Å². The quantitative estimate of drug-likeness (QED) is 0.265. The van der Waals surface area contributed by atoms with Gasteiger partial charge in [0.25, 0.3) is 5.91 Å². The second-order valence-electron chi connectivity index (χ2n) is 7.48. The standard InChI is InChI=1S/C27H22N2O2S/c1-3-29-26(30)25(32-27(29)28-20-12-14-21(31-2)15-13-20)17-24-22-10-6-4-8-18(22)16-19-9-5-7-11-23(19)24/h4-17H,3H2,1-2H3/b25-17+,28-27?. The van der Waals surface area contributed by atoms with E-state index >= 15 is 0 Å². The normalized spacial score (nSPS) is 16.6. The molecule has 158 valence electrons. The maximum Gasteiger partial charge on any atom is 0.266 e. The van der Waals surface area contributed by atoms with Gasteiger partial charge in [0.05, 0.1) is 17.7 Å². The van der Waals surface area contributed by atoms with E-state index in [1.165, 1.54) is 11.8 Å². The number of thioether (sulfide) groups is 1. The number of benzene rings is 4. The second kappa shape index (κ2) is 8.52. The lowest BCUT2D eigenvalue weighted by Crippen LogP contribution is -2.28. The van der Waals surface area contributed by atoms with Crippen molar-refractivity contribution >= 4 is 56.1 Å². The van der Waals surface area contributed by atoms with E-state index < -0.39 is 0 Å². The van der Waals surface area contributed by atoms with Crippen molar-refractivity contribution in [3.63, 3.8) is 0 Å². The van der Waals surface area contributed by atoms with E-state index in [0.717, 1.165) is 38.5 Å². The Balaban J connectivity index is 1.61. The second-order valence-corrected chi connectivity index (χ2v) is 8.49. The van der Waals surface area contributed by atoms with Gasteiger partial charge in [0, 0.05) is 6.54 Å². The summed E-state index contributed by atoms with van der Waals surface area (Å²) in [6.07, 6.45) is 2.02. The number of hydrogen-bond acceptors (Lipinski definition) is 4. The average Bonchev–Trinajstić information content (AvgIpc) is 3.13. The number of likely N-dealkylation sites (N-methyl/N-ethyl adjacent to an activating group) is 1. The molecule has 1 fully saturated rings. The van der Waals surface area contributed by atoms with Gasteiger partial charge in [-0.1, -0.05) is 48.5 Å². The van der Waals surface area contributed by atoms with Gasteiger partial charge >= 0.3 is 0 Å². The van der Waals surface area contributed by atoms with E-state index in [1.807, 2.05) is 61.5 Å². The molecule has 1 aliphatic heterocycles. The molecule has 1 heterocycles. The molecule has 32 heavy (non-hydrogen) atoms. The lowest BCUT2D eigenvalue weighted by molar-refractivity contribution is -0.122. The fourth-order valence-corrected chi connectivity index (χ4v) is 5.02. The van der Waals surface area contributed by atoms with Crippen LogP contribution in [0, 0.1) is 0 Å². The van der Waals surface area contributed by atoms with Gasteiger partial charge in [-0.05, 0) is 82.2 Å². The predicted molar refractivity (Wildman–Crippen MR) is 134 cm³/mol. The van der Waals surface area contributed by atoms with E-state index in [9.17, 15) is 4.79 Å². The van der Waals surface area contributed by atoms with E-state index in [0.29, 0.717) is 16.6 Å². The van der Waals surface area contributed by atoms with Crippen LogP contribution in [0.3, 0.4) is 0 Å². The Kier molecular flexibility index (Phi) is 5.41. The molecule has 0 atom stereocenters. The smallest absolute Gasteiger partial charge is 0.266 e. The number of ether oxygens (including phenoxy) is 1. The van der Waals surface area contributed by atoms with Crippen LogP contribution in [0.2, 0.25) is 0 Å². The highest BCUT2D eigenvalue weighted by atomic mass is 32.2. The predicted octanol–water partition coefficient (Wildman–Crippen LogP) is 6.63. The molecular weight excluding hydrogens is 416 g/mol. The molecule has 0 N–H and O–H groups in total. The highest BCUT2D eigenvalue weighted by Gasteiger charge is 2.32. The molecule has 0 radical (unpaired) electrons. The number of amides is 1. The van der Waals surface area contributed by atoms with Crippen molar-refractivity contribution in [2.75, 3.05) is 13.7 Å². The minimum absolute atomic E-state index is 0.0122. The molecule has 0 spiro atoms. The van der Waals surface area contributed by atoms with Crippen LogP contribution in [0.15, 0.2) is 88.8 Å². The molecule has 0 aliphatic carbocycles. The van der Waals surface area contributed by atoms with E-state index in [2.05, 4.69) is 30.3 Å². The maximum atomic E-state index is 13.3. The number of amidine groups is 1. The molecule has 5 rings (SSSR count). The summed E-state index contributed by atoms with van der Waals surface area (Å²) in [5.74, 6) is 0.765. The molecule has 0 bridgehead atoms. The van der Waals surface area contributed by atoms with Gasteiger partial charge in [-0.2, -0.15) is 0 Å². The maximum absolute atomic E-state index is 13.3. The van der Waals surface area contributed by atoms with E-state index in [1.54, 1.807) is 12.0 Å². The Labute approximate surface area is 191 Å². The average molecular weight is 439 g/mol. The Morgan fingerprint density at radius 1 is 0.938 bits per heavy atom.